The van der Waals surface area contributed by atoms with Crippen molar-refractivity contribution in [1.29, 1.82) is 5.26 Å². The average Bonchev–Trinajstić information content (AvgIpc) is 3.17. The van der Waals surface area contributed by atoms with Gasteiger partial charge in [-0.25, -0.2) is 9.97 Å². The Labute approximate surface area is 178 Å². The van der Waals surface area contributed by atoms with Crippen molar-refractivity contribution in [2.75, 3.05) is 13.1 Å². The molecule has 1 N–H and O–H groups in total. The van der Waals surface area contributed by atoms with Gasteiger partial charge in [-0.05, 0) is 62.4 Å². The van der Waals surface area contributed by atoms with Gasteiger partial charge in [-0.3, -0.25) is 9.69 Å². The van der Waals surface area contributed by atoms with Gasteiger partial charge < -0.3 is 5.32 Å². The molecule has 0 radical (unpaired) electrons. The number of benzene rings is 1. The van der Waals surface area contributed by atoms with Crippen LogP contribution in [0.2, 0.25) is 0 Å². The number of likely N-dealkylation sites (tertiary alicyclic amines) is 1. The maximum Gasteiger partial charge on any atom is 0.252 e. The first kappa shape index (κ1) is 20.5. The van der Waals surface area contributed by atoms with E-state index in [-0.39, 0.29) is 17.4 Å². The van der Waals surface area contributed by atoms with Gasteiger partial charge in [-0.15, -0.1) is 0 Å². The van der Waals surface area contributed by atoms with E-state index in [1.807, 2.05) is 18.3 Å². The molecule has 156 valence electrons. The molecule has 2 heterocycles. The average molecular weight is 404 g/mol. The van der Waals surface area contributed by atoms with E-state index in [1.54, 1.807) is 18.2 Å². The lowest BCUT2D eigenvalue weighted by Crippen LogP contribution is -2.50. The maximum atomic E-state index is 12.9. The second-order valence-corrected chi connectivity index (χ2v) is 8.53. The third-order valence-electron chi connectivity index (χ3n) is 6.82. The fourth-order valence-corrected chi connectivity index (χ4v) is 5.06. The molecule has 1 saturated heterocycles. The summed E-state index contributed by atoms with van der Waals surface area (Å²) >= 11 is 0. The number of aryl methyl sites for hydroxylation is 1. The Balaban J connectivity index is 1.39. The predicted molar refractivity (Wildman–Crippen MR) is 115 cm³/mol. The summed E-state index contributed by atoms with van der Waals surface area (Å²) in [7, 11) is 0. The summed E-state index contributed by atoms with van der Waals surface area (Å²) in [5, 5.41) is 12.6. The van der Waals surface area contributed by atoms with Crippen LogP contribution in [0, 0.1) is 16.7 Å². The highest BCUT2D eigenvalue weighted by Gasteiger charge is 2.45. The van der Waals surface area contributed by atoms with Gasteiger partial charge in [0.1, 0.15) is 5.82 Å². The summed E-state index contributed by atoms with van der Waals surface area (Å²) in [6.07, 6.45) is 8.22. The number of piperidine rings is 1. The fraction of sp³-hybridized carbons (Fsp3) is 0.500. The van der Waals surface area contributed by atoms with Gasteiger partial charge in [0.25, 0.3) is 5.91 Å². The first-order valence-electron chi connectivity index (χ1n) is 11.0. The SMILES string of the molecule is CCc1nccc(CN2CCC3(CCCC3NC(=O)c3ccccc3C#N)CC2)n1. The van der Waals surface area contributed by atoms with Gasteiger partial charge in [0.2, 0.25) is 0 Å². The van der Waals surface area contributed by atoms with E-state index in [4.69, 9.17) is 0 Å². The maximum absolute atomic E-state index is 12.9. The summed E-state index contributed by atoms with van der Waals surface area (Å²) in [5.74, 6) is 0.783. The summed E-state index contributed by atoms with van der Waals surface area (Å²) < 4.78 is 0. The lowest BCUT2D eigenvalue weighted by atomic mass is 9.74. The first-order chi connectivity index (χ1) is 14.6. The van der Waals surface area contributed by atoms with E-state index in [2.05, 4.69) is 33.2 Å². The number of nitrogens with one attached hydrogen (secondary N) is 1. The molecule has 2 aliphatic rings. The molecule has 30 heavy (non-hydrogen) atoms. The molecule has 0 bridgehead atoms. The van der Waals surface area contributed by atoms with Crippen LogP contribution >= 0.6 is 0 Å². The quantitative estimate of drug-likeness (QED) is 0.827. The number of rotatable bonds is 5. The minimum Gasteiger partial charge on any atom is -0.349 e. The number of nitrogens with zero attached hydrogens (tertiary/aromatic N) is 4. The summed E-state index contributed by atoms with van der Waals surface area (Å²) in [4.78, 5) is 24.3. The highest BCUT2D eigenvalue weighted by Crippen LogP contribution is 2.46. The van der Waals surface area contributed by atoms with Crippen molar-refractivity contribution in [2.45, 2.75) is 58.0 Å². The number of amides is 1. The van der Waals surface area contributed by atoms with Gasteiger partial charge in [-0.2, -0.15) is 5.26 Å². The third-order valence-corrected chi connectivity index (χ3v) is 6.82. The Morgan fingerprint density at radius 3 is 2.83 bits per heavy atom. The van der Waals surface area contributed by atoms with Gasteiger partial charge in [-0.1, -0.05) is 25.5 Å². The molecule has 2 aromatic rings. The van der Waals surface area contributed by atoms with Gasteiger partial charge in [0, 0.05) is 25.2 Å². The number of carbonyl (C=O) groups is 1. The van der Waals surface area contributed by atoms with E-state index in [0.717, 1.165) is 63.3 Å². The van der Waals surface area contributed by atoms with Crippen molar-refractivity contribution < 1.29 is 4.79 Å². The van der Waals surface area contributed by atoms with Crippen molar-refractivity contribution in [3.63, 3.8) is 0 Å². The Hall–Kier alpha value is -2.78. The lowest BCUT2D eigenvalue weighted by molar-refractivity contribution is 0.0680. The number of carbonyl (C=O) groups excluding carboxylic acids is 1. The number of nitriles is 1. The van der Waals surface area contributed by atoms with E-state index in [9.17, 15) is 10.1 Å². The molecule has 1 aliphatic heterocycles. The Bertz CT molecular complexity index is 943. The van der Waals surface area contributed by atoms with E-state index >= 15 is 0 Å². The molecule has 6 heteroatoms. The standard InChI is InChI=1S/C24H29N5O/c1-2-22-26-13-9-19(27-22)17-29-14-11-24(12-15-29)10-5-8-21(24)28-23(30)20-7-4-3-6-18(20)16-25/h3-4,6-7,9,13,21H,2,5,8,10-12,14-15,17H2,1H3,(H,28,30). The molecule has 1 aromatic heterocycles. The Morgan fingerprint density at radius 2 is 2.07 bits per heavy atom. The smallest absolute Gasteiger partial charge is 0.252 e. The lowest BCUT2D eigenvalue weighted by Gasteiger charge is -2.43. The van der Waals surface area contributed by atoms with Crippen LogP contribution in [0.3, 0.4) is 0 Å². The Morgan fingerprint density at radius 1 is 1.27 bits per heavy atom. The predicted octanol–water partition coefficient (Wildman–Crippen LogP) is 3.48. The second-order valence-electron chi connectivity index (χ2n) is 8.53. The molecule has 1 spiro atoms. The van der Waals surface area contributed by atoms with Crippen LogP contribution in [0.15, 0.2) is 36.5 Å². The molecule has 1 aliphatic carbocycles. The topological polar surface area (TPSA) is 81.9 Å². The number of hydrogen-bond donors (Lipinski definition) is 1. The number of hydrogen-bond acceptors (Lipinski definition) is 5. The monoisotopic (exact) mass is 403 g/mol. The van der Waals surface area contributed by atoms with Crippen LogP contribution in [0.4, 0.5) is 0 Å². The molecule has 1 amide bonds. The zero-order chi connectivity index (χ0) is 21.0. The van der Waals surface area contributed by atoms with Gasteiger partial charge in [0.05, 0.1) is 22.9 Å². The minimum absolute atomic E-state index is 0.117. The normalized spacial score (nSPS) is 20.7. The molecule has 6 nitrogen and oxygen atoms in total. The summed E-state index contributed by atoms with van der Waals surface area (Å²) in [6, 6.07) is 11.4. The fourth-order valence-electron chi connectivity index (χ4n) is 5.06. The van der Waals surface area contributed by atoms with Crippen molar-refractivity contribution in [1.82, 2.24) is 20.2 Å². The van der Waals surface area contributed by atoms with E-state index in [1.165, 1.54) is 6.42 Å². The third kappa shape index (κ3) is 4.22. The molecule has 4 rings (SSSR count). The van der Waals surface area contributed by atoms with Crippen LogP contribution in [-0.4, -0.2) is 39.9 Å². The highest BCUT2D eigenvalue weighted by molar-refractivity contribution is 5.96. The number of aromatic nitrogens is 2. The molecule has 1 unspecified atom stereocenters. The van der Waals surface area contributed by atoms with Crippen LogP contribution in [0.5, 0.6) is 0 Å². The van der Waals surface area contributed by atoms with Crippen molar-refractivity contribution in [3.8, 4) is 6.07 Å². The molecule has 2 fully saturated rings. The van der Waals surface area contributed by atoms with Crippen molar-refractivity contribution in [3.05, 3.63) is 59.2 Å². The molecule has 1 saturated carbocycles. The van der Waals surface area contributed by atoms with Crippen LogP contribution in [-0.2, 0) is 13.0 Å². The molecule has 1 aromatic carbocycles. The van der Waals surface area contributed by atoms with Crippen molar-refractivity contribution >= 4 is 5.91 Å². The van der Waals surface area contributed by atoms with Gasteiger partial charge in [0.15, 0.2) is 0 Å². The highest BCUT2D eigenvalue weighted by atomic mass is 16.1. The van der Waals surface area contributed by atoms with Gasteiger partial charge >= 0.3 is 0 Å². The largest absolute Gasteiger partial charge is 0.349 e. The summed E-state index contributed by atoms with van der Waals surface area (Å²) in [6.45, 7) is 4.98. The van der Waals surface area contributed by atoms with E-state index < -0.39 is 0 Å². The van der Waals surface area contributed by atoms with E-state index in [0.29, 0.717) is 11.1 Å². The van der Waals surface area contributed by atoms with Crippen LogP contribution < -0.4 is 5.32 Å². The minimum atomic E-state index is -0.117. The van der Waals surface area contributed by atoms with Crippen LogP contribution in [0.25, 0.3) is 0 Å². The Kier molecular flexibility index (Phi) is 6.10. The van der Waals surface area contributed by atoms with Crippen LogP contribution in [0.1, 0.15) is 66.5 Å². The molecular weight excluding hydrogens is 374 g/mol. The zero-order valence-corrected chi connectivity index (χ0v) is 17.6. The summed E-state index contributed by atoms with van der Waals surface area (Å²) in [5.41, 5.74) is 2.18. The second kappa shape index (κ2) is 8.93. The first-order valence-corrected chi connectivity index (χ1v) is 11.0. The van der Waals surface area contributed by atoms with Crippen molar-refractivity contribution in [2.24, 2.45) is 5.41 Å². The molecular formula is C24H29N5O. The molecule has 1 atom stereocenters. The zero-order valence-electron chi connectivity index (χ0n) is 17.6.